The molecule has 4 rings (SSSR count). The fourth-order valence-electron chi connectivity index (χ4n) is 3.13. The highest BCUT2D eigenvalue weighted by Gasteiger charge is 2.11. The smallest absolute Gasteiger partial charge is 0.319 e. The normalized spacial score (nSPS) is 10.4. The van der Waals surface area contributed by atoms with Crippen molar-refractivity contribution >= 4 is 40.2 Å². The van der Waals surface area contributed by atoms with Gasteiger partial charge in [0.1, 0.15) is 18.2 Å². The van der Waals surface area contributed by atoms with Crippen molar-refractivity contribution in [2.45, 2.75) is 7.43 Å². The van der Waals surface area contributed by atoms with Gasteiger partial charge in [-0.2, -0.15) is 0 Å². The fourth-order valence-corrected chi connectivity index (χ4v) is 3.31. The van der Waals surface area contributed by atoms with Gasteiger partial charge in [0, 0.05) is 16.0 Å². The maximum atomic E-state index is 13.6. The SMILES string of the molecule is C.Nc1nc(-c2cccc(OCCNC(=O)Nc3ccccc3F)c2)c2cc(Cl)ccc2n1. The highest BCUT2D eigenvalue weighted by atomic mass is 35.5. The number of anilines is 2. The molecule has 0 fully saturated rings. The number of fused-ring (bicyclic) bond motifs is 1. The lowest BCUT2D eigenvalue weighted by molar-refractivity contribution is 0.247. The van der Waals surface area contributed by atoms with Gasteiger partial charge in [0.2, 0.25) is 5.95 Å². The van der Waals surface area contributed by atoms with Crippen LogP contribution in [0.4, 0.5) is 20.8 Å². The minimum Gasteiger partial charge on any atom is -0.492 e. The van der Waals surface area contributed by atoms with Crippen molar-refractivity contribution in [3.8, 4) is 17.0 Å². The Morgan fingerprint density at radius 3 is 2.70 bits per heavy atom. The predicted molar refractivity (Wildman–Crippen MR) is 130 cm³/mol. The highest BCUT2D eigenvalue weighted by molar-refractivity contribution is 6.31. The number of hydrogen-bond acceptors (Lipinski definition) is 5. The van der Waals surface area contributed by atoms with Crippen molar-refractivity contribution in [2.24, 2.45) is 0 Å². The molecule has 2 amide bonds. The van der Waals surface area contributed by atoms with E-state index in [1.54, 1.807) is 36.4 Å². The Bertz CT molecular complexity index is 1280. The van der Waals surface area contributed by atoms with Crippen LogP contribution in [0.1, 0.15) is 7.43 Å². The maximum Gasteiger partial charge on any atom is 0.319 e. The molecule has 0 bridgehead atoms. The van der Waals surface area contributed by atoms with Crippen molar-refractivity contribution in [2.75, 3.05) is 24.2 Å². The Morgan fingerprint density at radius 1 is 1.06 bits per heavy atom. The van der Waals surface area contributed by atoms with Crippen LogP contribution < -0.4 is 21.1 Å². The van der Waals surface area contributed by atoms with Gasteiger partial charge in [-0.05, 0) is 42.5 Å². The van der Waals surface area contributed by atoms with Crippen molar-refractivity contribution in [3.05, 3.63) is 77.6 Å². The van der Waals surface area contributed by atoms with Crippen molar-refractivity contribution in [1.29, 1.82) is 0 Å². The van der Waals surface area contributed by atoms with Gasteiger partial charge < -0.3 is 21.1 Å². The van der Waals surface area contributed by atoms with Crippen molar-refractivity contribution < 1.29 is 13.9 Å². The molecule has 0 unspecified atom stereocenters. The molecule has 7 nitrogen and oxygen atoms in total. The lowest BCUT2D eigenvalue weighted by atomic mass is 10.1. The Labute approximate surface area is 195 Å². The molecular formula is C24H23ClFN5O2. The molecule has 0 atom stereocenters. The summed E-state index contributed by atoms with van der Waals surface area (Å²) in [7, 11) is 0. The Morgan fingerprint density at radius 2 is 1.88 bits per heavy atom. The zero-order chi connectivity index (χ0) is 22.5. The summed E-state index contributed by atoms with van der Waals surface area (Å²) in [6.07, 6.45) is 0. The number of urea groups is 1. The molecule has 170 valence electrons. The van der Waals surface area contributed by atoms with Gasteiger partial charge >= 0.3 is 6.03 Å². The average molecular weight is 468 g/mol. The van der Waals surface area contributed by atoms with Crippen LogP contribution in [0.25, 0.3) is 22.2 Å². The highest BCUT2D eigenvalue weighted by Crippen LogP contribution is 2.30. The number of para-hydroxylation sites is 1. The summed E-state index contributed by atoms with van der Waals surface area (Å²) < 4.78 is 19.3. The fraction of sp³-hybridized carbons (Fsp3) is 0.125. The molecule has 1 aromatic heterocycles. The molecule has 4 aromatic rings. The monoisotopic (exact) mass is 467 g/mol. The number of carbonyl (C=O) groups is 1. The topological polar surface area (TPSA) is 102 Å². The van der Waals surface area contributed by atoms with E-state index in [9.17, 15) is 9.18 Å². The first-order valence-electron chi connectivity index (χ1n) is 9.75. The van der Waals surface area contributed by atoms with Crippen LogP contribution in [-0.4, -0.2) is 29.2 Å². The minimum atomic E-state index is -0.521. The second kappa shape index (κ2) is 10.6. The van der Waals surface area contributed by atoms with Gasteiger partial charge in [0.05, 0.1) is 23.4 Å². The van der Waals surface area contributed by atoms with Crippen molar-refractivity contribution in [3.63, 3.8) is 0 Å². The second-order valence-corrected chi connectivity index (χ2v) is 7.27. The van der Waals surface area contributed by atoms with Gasteiger partial charge in [0.25, 0.3) is 0 Å². The van der Waals surface area contributed by atoms with Gasteiger partial charge in [-0.1, -0.05) is 43.3 Å². The van der Waals surface area contributed by atoms with E-state index in [1.807, 2.05) is 18.2 Å². The minimum absolute atomic E-state index is 0. The summed E-state index contributed by atoms with van der Waals surface area (Å²) in [5, 5.41) is 6.41. The number of rotatable bonds is 6. The third-order valence-electron chi connectivity index (χ3n) is 4.56. The number of nitrogen functional groups attached to an aromatic ring is 1. The van der Waals surface area contributed by atoms with E-state index in [4.69, 9.17) is 22.1 Å². The first kappa shape index (κ1) is 23.7. The van der Waals surface area contributed by atoms with Crippen molar-refractivity contribution in [1.82, 2.24) is 15.3 Å². The zero-order valence-corrected chi connectivity index (χ0v) is 17.6. The van der Waals surface area contributed by atoms with E-state index in [2.05, 4.69) is 20.6 Å². The number of amides is 2. The maximum absolute atomic E-state index is 13.6. The van der Waals surface area contributed by atoms with Gasteiger partial charge in [-0.15, -0.1) is 0 Å². The van der Waals surface area contributed by atoms with Gasteiger partial charge in [0.15, 0.2) is 0 Å². The van der Waals surface area contributed by atoms with E-state index in [0.717, 1.165) is 10.9 Å². The molecule has 0 spiro atoms. The van der Waals surface area contributed by atoms with Crippen LogP contribution in [0.2, 0.25) is 5.02 Å². The summed E-state index contributed by atoms with van der Waals surface area (Å²) in [4.78, 5) is 20.5. The molecule has 0 aliphatic rings. The quantitative estimate of drug-likeness (QED) is 0.324. The molecule has 0 saturated heterocycles. The number of hydrogen-bond donors (Lipinski definition) is 3. The summed E-state index contributed by atoms with van der Waals surface area (Å²) in [5.41, 5.74) is 8.10. The van der Waals surface area contributed by atoms with E-state index in [1.165, 1.54) is 12.1 Å². The number of benzene rings is 3. The Kier molecular flexibility index (Phi) is 7.63. The molecule has 0 aliphatic heterocycles. The number of ether oxygens (including phenoxy) is 1. The van der Waals surface area contributed by atoms with Gasteiger partial charge in [-0.25, -0.2) is 19.2 Å². The lowest BCUT2D eigenvalue weighted by Gasteiger charge is -2.11. The Hall–Kier alpha value is -3.91. The molecule has 33 heavy (non-hydrogen) atoms. The third-order valence-corrected chi connectivity index (χ3v) is 4.80. The number of halogens is 2. The molecule has 0 aliphatic carbocycles. The van der Waals surface area contributed by atoms with Crippen LogP contribution in [0, 0.1) is 5.82 Å². The predicted octanol–water partition coefficient (Wildman–Crippen LogP) is 5.51. The first-order valence-corrected chi connectivity index (χ1v) is 10.1. The zero-order valence-electron chi connectivity index (χ0n) is 16.8. The van der Waals surface area contributed by atoms with E-state index < -0.39 is 11.8 Å². The number of aromatic nitrogens is 2. The summed E-state index contributed by atoms with van der Waals surface area (Å²) in [6.45, 7) is 0.441. The molecule has 9 heteroatoms. The first-order chi connectivity index (χ1) is 15.5. The number of carbonyl (C=O) groups excluding carboxylic acids is 1. The lowest BCUT2D eigenvalue weighted by Crippen LogP contribution is -2.32. The molecule has 0 saturated carbocycles. The van der Waals surface area contributed by atoms with Crippen LogP contribution >= 0.6 is 11.6 Å². The van der Waals surface area contributed by atoms with E-state index >= 15 is 0 Å². The van der Waals surface area contributed by atoms with E-state index in [0.29, 0.717) is 22.0 Å². The number of nitrogens with two attached hydrogens (primary N) is 1. The molecular weight excluding hydrogens is 445 g/mol. The van der Waals surface area contributed by atoms with E-state index in [-0.39, 0.29) is 32.2 Å². The summed E-state index contributed by atoms with van der Waals surface area (Å²) >= 11 is 6.15. The standard InChI is InChI=1S/C23H19ClFN5O2.CH4/c24-15-8-9-19-17(13-15)21(30-22(26)28-19)14-4-3-5-16(12-14)32-11-10-27-23(31)29-20-7-2-1-6-18(20)25;/h1-9,12-13H,10-11H2,(H2,26,28,30)(H2,27,29,31);1H4. The van der Waals surface area contributed by atoms with Crippen LogP contribution in [0.5, 0.6) is 5.75 Å². The summed E-state index contributed by atoms with van der Waals surface area (Å²) in [6, 6.07) is 18.1. The molecule has 1 heterocycles. The van der Waals surface area contributed by atoms with Gasteiger partial charge in [-0.3, -0.25) is 0 Å². The Balaban J connectivity index is 0.00000306. The average Bonchev–Trinajstić information content (AvgIpc) is 2.78. The van der Waals surface area contributed by atoms with Crippen LogP contribution in [0.15, 0.2) is 66.7 Å². The number of nitrogens with one attached hydrogen (secondary N) is 2. The third kappa shape index (κ3) is 5.87. The largest absolute Gasteiger partial charge is 0.492 e. The van der Waals surface area contributed by atoms with Crippen LogP contribution in [-0.2, 0) is 0 Å². The summed E-state index contributed by atoms with van der Waals surface area (Å²) in [5.74, 6) is 0.243. The number of nitrogens with zero attached hydrogens (tertiary/aromatic N) is 2. The molecule has 4 N–H and O–H groups in total. The second-order valence-electron chi connectivity index (χ2n) is 6.83. The molecule has 0 radical (unpaired) electrons. The van der Waals surface area contributed by atoms with Crippen LogP contribution in [0.3, 0.4) is 0 Å². The molecule has 3 aromatic carbocycles.